The number of nitrogens with zero attached hydrogens (tertiary/aromatic N) is 4. The first-order valence-corrected chi connectivity index (χ1v) is 20.7. The molecule has 0 spiro atoms. The summed E-state index contributed by atoms with van der Waals surface area (Å²) in [4.78, 5) is 41.9. The Balaban J connectivity index is 1.01. The maximum absolute atomic E-state index is 14.1. The second-order valence-corrected chi connectivity index (χ2v) is 17.2. The van der Waals surface area contributed by atoms with E-state index < -0.39 is 11.9 Å². The average Bonchev–Trinajstić information content (AvgIpc) is 3.22. The van der Waals surface area contributed by atoms with Crippen LogP contribution in [0, 0.1) is 11.8 Å². The number of fused-ring (bicyclic) bond motifs is 2. The Morgan fingerprint density at radius 2 is 1.09 bits per heavy atom. The Kier molecular flexibility index (Phi) is 8.89. The molecule has 10 nitrogen and oxygen atoms in total. The molecule has 4 aromatic rings. The van der Waals surface area contributed by atoms with Gasteiger partial charge in [-0.25, -0.2) is 19.6 Å². The van der Waals surface area contributed by atoms with Crippen LogP contribution in [-0.4, -0.2) is 71.0 Å². The molecule has 6 aliphatic rings. The molecule has 10 heteroatoms. The van der Waals surface area contributed by atoms with E-state index in [1.807, 2.05) is 36.4 Å². The second-order valence-electron chi connectivity index (χ2n) is 17.2. The van der Waals surface area contributed by atoms with E-state index in [0.29, 0.717) is 58.7 Å². The van der Waals surface area contributed by atoms with Gasteiger partial charge in [0.25, 0.3) is 0 Å². The Hall–Kier alpha value is -4.80. The first-order valence-electron chi connectivity index (χ1n) is 20.7. The summed E-state index contributed by atoms with van der Waals surface area (Å²) in [6.45, 7) is 2.03. The largest absolute Gasteiger partial charge is 0.439 e. The fourth-order valence-corrected chi connectivity index (χ4v) is 12.1. The number of pyridine rings is 2. The highest BCUT2D eigenvalue weighted by Crippen LogP contribution is 2.59. The molecular weight excluding hydrogens is 705 g/mol. The van der Waals surface area contributed by atoms with Crippen LogP contribution >= 0.6 is 0 Å². The monoisotopic (exact) mass is 754 g/mol. The number of carbonyl (C=O) groups is 2. The van der Waals surface area contributed by atoms with Gasteiger partial charge >= 0.3 is 11.9 Å². The van der Waals surface area contributed by atoms with Crippen molar-refractivity contribution in [2.75, 3.05) is 27.2 Å². The number of esters is 2. The summed E-state index contributed by atoms with van der Waals surface area (Å²) in [5.41, 5.74) is 4.25. The van der Waals surface area contributed by atoms with Gasteiger partial charge in [-0.15, -0.1) is 0 Å². The Morgan fingerprint density at radius 3 is 1.52 bits per heavy atom. The van der Waals surface area contributed by atoms with Crippen molar-refractivity contribution >= 4 is 11.9 Å². The van der Waals surface area contributed by atoms with Crippen LogP contribution in [0.5, 0.6) is 34.8 Å². The molecule has 2 saturated carbocycles. The molecule has 2 aromatic heterocycles. The van der Waals surface area contributed by atoms with Crippen LogP contribution in [0.1, 0.15) is 86.5 Å². The van der Waals surface area contributed by atoms with Gasteiger partial charge < -0.3 is 28.7 Å². The van der Waals surface area contributed by atoms with Crippen LogP contribution in [-0.2, 0) is 33.3 Å². The van der Waals surface area contributed by atoms with Crippen LogP contribution in [0.3, 0.4) is 0 Å². The smallest absolute Gasteiger partial charge is 0.423 e. The number of ether oxygens (including phenoxy) is 4. The van der Waals surface area contributed by atoms with Crippen molar-refractivity contribution in [3.8, 4) is 34.8 Å². The molecule has 0 unspecified atom stereocenters. The summed E-state index contributed by atoms with van der Waals surface area (Å²) in [5, 5.41) is 0. The van der Waals surface area contributed by atoms with Crippen molar-refractivity contribution in [1.82, 2.24) is 19.8 Å². The average molecular weight is 755 g/mol. The molecule has 2 saturated heterocycles. The predicted molar refractivity (Wildman–Crippen MR) is 210 cm³/mol. The lowest BCUT2D eigenvalue weighted by molar-refractivity contribution is -0.156. The summed E-state index contributed by atoms with van der Waals surface area (Å²) < 4.78 is 25.0. The SMILES string of the molecule is CN1CC[C@]23CCCC[C@H]2[C@H]1Cc1c(OC(=O)C(=O)Oc2cc(Oc4ccccn4)cc4c2C[C@@H]2[C@@H]5CCCC[C@]45CCN2C)cc(Oc2ccccn2)cc13. The third-order valence-electron chi connectivity index (χ3n) is 14.6. The van der Waals surface area contributed by atoms with Crippen LogP contribution in [0.2, 0.25) is 0 Å². The standard InChI is InChI=1S/C46H50N4O6/c1-49-21-17-45-15-7-3-11-33(45)37(49)27-31-35(45)23-29(53-41-13-5-9-19-47-41)25-39(31)55-43(51)44(52)56-40-26-30(54-42-14-6-10-20-48-42)24-36-32(40)28-38-34-12-4-8-16-46(34,36)18-22-50(38)2/h5-6,9-10,13-14,19-20,23-26,33-34,37-38H,3-4,7-8,11-12,15-18,21-22,27-28H2,1-2H3/t33-,34-,37+,38+,45+,46+/m0/s1. The predicted octanol–water partition coefficient (Wildman–Crippen LogP) is 7.95. The number of carbonyl (C=O) groups excluding carboxylic acids is 2. The minimum Gasteiger partial charge on any atom is -0.439 e. The molecule has 2 aliphatic heterocycles. The highest BCUT2D eigenvalue weighted by Gasteiger charge is 2.55. The Bertz CT molecular complexity index is 2010. The molecule has 4 bridgehead atoms. The van der Waals surface area contributed by atoms with E-state index in [2.05, 4.69) is 46.0 Å². The maximum atomic E-state index is 14.1. The normalized spacial score (nSPS) is 29.1. The van der Waals surface area contributed by atoms with Crippen molar-refractivity contribution in [3.05, 3.63) is 95.3 Å². The summed E-state index contributed by atoms with van der Waals surface area (Å²) in [5.74, 6) is 1.59. The lowest BCUT2D eigenvalue weighted by Gasteiger charge is -2.58. The highest BCUT2D eigenvalue weighted by molar-refractivity contribution is 6.31. The molecular formula is C46H50N4O6. The molecule has 10 rings (SSSR count). The van der Waals surface area contributed by atoms with Gasteiger partial charge in [-0.3, -0.25) is 0 Å². The van der Waals surface area contributed by atoms with E-state index in [-0.39, 0.29) is 10.8 Å². The first-order chi connectivity index (χ1) is 27.3. The zero-order chi connectivity index (χ0) is 38.0. The lowest BCUT2D eigenvalue weighted by atomic mass is 9.52. The number of rotatable bonds is 6. The molecule has 2 aromatic carbocycles. The minimum atomic E-state index is -1.06. The molecule has 56 heavy (non-hydrogen) atoms. The number of hydrogen-bond donors (Lipinski definition) is 0. The van der Waals surface area contributed by atoms with Gasteiger partial charge in [-0.05, 0) is 126 Å². The van der Waals surface area contributed by atoms with Gasteiger partial charge in [0, 0.05) is 70.7 Å². The second kappa shape index (κ2) is 14.0. The summed E-state index contributed by atoms with van der Waals surface area (Å²) >= 11 is 0. The first kappa shape index (κ1) is 35.6. The van der Waals surface area contributed by atoms with Crippen molar-refractivity contribution in [2.24, 2.45) is 11.8 Å². The topological polar surface area (TPSA) is 103 Å². The van der Waals surface area contributed by atoms with Gasteiger partial charge in [-0.1, -0.05) is 37.8 Å². The summed E-state index contributed by atoms with van der Waals surface area (Å²) in [7, 11) is 4.42. The lowest BCUT2D eigenvalue weighted by Crippen LogP contribution is -2.59. The molecule has 290 valence electrons. The Labute approximate surface area is 328 Å². The molecule has 0 N–H and O–H groups in total. The zero-order valence-electron chi connectivity index (χ0n) is 32.4. The van der Waals surface area contributed by atoms with Crippen molar-refractivity contribution in [2.45, 2.75) is 100.0 Å². The molecule has 0 radical (unpaired) electrons. The van der Waals surface area contributed by atoms with E-state index in [1.165, 1.54) is 36.8 Å². The number of likely N-dealkylation sites (tertiary alicyclic amines) is 2. The van der Waals surface area contributed by atoms with Crippen LogP contribution in [0.4, 0.5) is 0 Å². The zero-order valence-corrected chi connectivity index (χ0v) is 32.4. The number of piperidine rings is 2. The fraction of sp³-hybridized carbons (Fsp3) is 0.478. The van der Waals surface area contributed by atoms with Gasteiger partial charge in [-0.2, -0.15) is 0 Å². The minimum absolute atomic E-state index is 0.0388. The third kappa shape index (κ3) is 5.90. The maximum Gasteiger partial charge on any atom is 0.423 e. The number of likely N-dealkylation sites (N-methyl/N-ethyl adjacent to an activating group) is 2. The van der Waals surface area contributed by atoms with E-state index in [9.17, 15) is 9.59 Å². The van der Waals surface area contributed by atoms with Crippen molar-refractivity contribution in [1.29, 1.82) is 0 Å². The molecule has 4 aliphatic carbocycles. The van der Waals surface area contributed by atoms with E-state index in [4.69, 9.17) is 18.9 Å². The molecule has 4 heterocycles. The summed E-state index contributed by atoms with van der Waals surface area (Å²) in [6, 6.07) is 19.5. The third-order valence-corrected chi connectivity index (χ3v) is 14.6. The number of aromatic nitrogens is 2. The van der Waals surface area contributed by atoms with Crippen LogP contribution < -0.4 is 18.9 Å². The Morgan fingerprint density at radius 1 is 0.625 bits per heavy atom. The van der Waals surface area contributed by atoms with Gasteiger partial charge in [0.15, 0.2) is 0 Å². The van der Waals surface area contributed by atoms with E-state index >= 15 is 0 Å². The summed E-state index contributed by atoms with van der Waals surface area (Å²) in [6.07, 6.45) is 16.2. The van der Waals surface area contributed by atoms with Gasteiger partial charge in [0.2, 0.25) is 11.8 Å². The molecule has 0 amide bonds. The molecule has 4 fully saturated rings. The van der Waals surface area contributed by atoms with Gasteiger partial charge in [0.1, 0.15) is 23.0 Å². The van der Waals surface area contributed by atoms with Gasteiger partial charge in [0.05, 0.1) is 0 Å². The molecule has 6 atom stereocenters. The van der Waals surface area contributed by atoms with E-state index in [1.54, 1.807) is 24.5 Å². The number of hydrogen-bond acceptors (Lipinski definition) is 10. The fourth-order valence-electron chi connectivity index (χ4n) is 12.1. The van der Waals surface area contributed by atoms with Crippen LogP contribution in [0.15, 0.2) is 73.1 Å². The van der Waals surface area contributed by atoms with Crippen LogP contribution in [0.25, 0.3) is 0 Å². The van der Waals surface area contributed by atoms with E-state index in [0.717, 1.165) is 75.6 Å². The van der Waals surface area contributed by atoms with Crippen molar-refractivity contribution < 1.29 is 28.5 Å². The quantitative estimate of drug-likeness (QED) is 0.110. The number of benzene rings is 2. The highest BCUT2D eigenvalue weighted by atomic mass is 16.6. The van der Waals surface area contributed by atoms with Crippen molar-refractivity contribution in [3.63, 3.8) is 0 Å².